The van der Waals surface area contributed by atoms with Gasteiger partial charge in [0, 0.05) is 9.86 Å². The monoisotopic (exact) mass is 284 g/mol. The summed E-state index contributed by atoms with van der Waals surface area (Å²) in [5.41, 5.74) is 9.31. The van der Waals surface area contributed by atoms with E-state index in [1.807, 2.05) is 26.0 Å². The molecule has 0 aliphatic heterocycles. The van der Waals surface area contributed by atoms with Crippen LogP contribution in [0, 0.1) is 13.8 Å². The van der Waals surface area contributed by atoms with E-state index in [9.17, 15) is 0 Å². The standard InChI is InChI=1S/C11H10BrClN2/c1-5-8(12)4-3-7-10(14)9(13)6(2)15-11(5)7/h3-4H,1-2H3,(H2,14,15). The summed E-state index contributed by atoms with van der Waals surface area (Å²) in [6.07, 6.45) is 0. The van der Waals surface area contributed by atoms with Gasteiger partial charge in [-0.15, -0.1) is 0 Å². The van der Waals surface area contributed by atoms with E-state index in [4.69, 9.17) is 17.3 Å². The quantitative estimate of drug-likeness (QED) is 0.798. The molecule has 0 fully saturated rings. The Bertz CT molecular complexity index is 552. The highest BCUT2D eigenvalue weighted by molar-refractivity contribution is 9.10. The van der Waals surface area contributed by atoms with Crippen molar-refractivity contribution in [3.63, 3.8) is 0 Å². The van der Waals surface area contributed by atoms with Crippen molar-refractivity contribution in [1.29, 1.82) is 0 Å². The normalized spacial score (nSPS) is 10.9. The second kappa shape index (κ2) is 3.65. The van der Waals surface area contributed by atoms with Gasteiger partial charge in [-0.2, -0.15) is 0 Å². The molecule has 15 heavy (non-hydrogen) atoms. The third kappa shape index (κ3) is 1.60. The summed E-state index contributed by atoms with van der Waals surface area (Å²) < 4.78 is 1.03. The lowest BCUT2D eigenvalue weighted by Gasteiger charge is -2.09. The van der Waals surface area contributed by atoms with Crippen LogP contribution in [0.2, 0.25) is 5.02 Å². The van der Waals surface area contributed by atoms with Crippen molar-refractivity contribution in [3.8, 4) is 0 Å². The summed E-state index contributed by atoms with van der Waals surface area (Å²) in [6.45, 7) is 3.87. The van der Waals surface area contributed by atoms with Gasteiger partial charge in [-0.05, 0) is 31.5 Å². The van der Waals surface area contributed by atoms with Crippen LogP contribution in [0.5, 0.6) is 0 Å². The van der Waals surface area contributed by atoms with Gasteiger partial charge in [0.15, 0.2) is 0 Å². The van der Waals surface area contributed by atoms with Gasteiger partial charge in [0.1, 0.15) is 0 Å². The smallest absolute Gasteiger partial charge is 0.0854 e. The van der Waals surface area contributed by atoms with E-state index in [2.05, 4.69) is 20.9 Å². The zero-order valence-corrected chi connectivity index (χ0v) is 10.8. The molecule has 0 bridgehead atoms. The third-order valence-corrected chi connectivity index (χ3v) is 3.82. The van der Waals surface area contributed by atoms with Gasteiger partial charge in [0.2, 0.25) is 0 Å². The molecule has 0 aliphatic carbocycles. The van der Waals surface area contributed by atoms with E-state index in [0.717, 1.165) is 26.6 Å². The zero-order chi connectivity index (χ0) is 11.2. The lowest BCUT2D eigenvalue weighted by Crippen LogP contribution is -1.96. The van der Waals surface area contributed by atoms with Gasteiger partial charge in [-0.25, -0.2) is 0 Å². The first kappa shape index (κ1) is 10.7. The highest BCUT2D eigenvalue weighted by atomic mass is 79.9. The number of rotatable bonds is 0. The average Bonchev–Trinajstić information content (AvgIpc) is 2.21. The minimum atomic E-state index is 0.546. The molecule has 0 unspecified atom stereocenters. The maximum Gasteiger partial charge on any atom is 0.0854 e. The molecule has 0 spiro atoms. The van der Waals surface area contributed by atoms with E-state index in [0.29, 0.717) is 10.7 Å². The van der Waals surface area contributed by atoms with Crippen LogP contribution in [0.1, 0.15) is 11.3 Å². The van der Waals surface area contributed by atoms with Crippen LogP contribution in [-0.2, 0) is 0 Å². The van der Waals surface area contributed by atoms with Gasteiger partial charge < -0.3 is 5.73 Å². The Morgan fingerprint density at radius 1 is 1.33 bits per heavy atom. The van der Waals surface area contributed by atoms with Crippen molar-refractivity contribution < 1.29 is 0 Å². The molecule has 0 saturated heterocycles. The molecule has 0 atom stereocenters. The predicted molar refractivity (Wildman–Crippen MR) is 68.3 cm³/mol. The van der Waals surface area contributed by atoms with Gasteiger partial charge in [0.25, 0.3) is 0 Å². The van der Waals surface area contributed by atoms with Gasteiger partial charge in [-0.3, -0.25) is 4.98 Å². The number of halogens is 2. The van der Waals surface area contributed by atoms with Crippen molar-refractivity contribution in [2.75, 3.05) is 5.73 Å². The van der Waals surface area contributed by atoms with Crippen LogP contribution >= 0.6 is 27.5 Å². The van der Waals surface area contributed by atoms with Crippen LogP contribution in [-0.4, -0.2) is 4.98 Å². The average molecular weight is 286 g/mol. The predicted octanol–water partition coefficient (Wildman–Crippen LogP) is 3.85. The number of hydrogen-bond acceptors (Lipinski definition) is 2. The Kier molecular flexibility index (Phi) is 2.61. The van der Waals surface area contributed by atoms with Crippen LogP contribution in [0.3, 0.4) is 0 Å². The summed E-state index contributed by atoms with van der Waals surface area (Å²) in [5, 5.41) is 1.45. The van der Waals surface area contributed by atoms with Crippen molar-refractivity contribution in [3.05, 3.63) is 32.9 Å². The van der Waals surface area contributed by atoms with E-state index in [1.165, 1.54) is 0 Å². The molecule has 2 N–H and O–H groups in total. The molecule has 2 nitrogen and oxygen atoms in total. The van der Waals surface area contributed by atoms with Gasteiger partial charge in [-0.1, -0.05) is 27.5 Å². The van der Waals surface area contributed by atoms with Crippen molar-refractivity contribution in [2.24, 2.45) is 0 Å². The lowest BCUT2D eigenvalue weighted by molar-refractivity contribution is 1.24. The van der Waals surface area contributed by atoms with Crippen LogP contribution in [0.4, 0.5) is 5.69 Å². The van der Waals surface area contributed by atoms with Crippen LogP contribution in [0.25, 0.3) is 10.9 Å². The van der Waals surface area contributed by atoms with Crippen molar-refractivity contribution in [2.45, 2.75) is 13.8 Å². The molecular formula is C11H10BrClN2. The number of benzene rings is 1. The number of anilines is 1. The number of nitrogens with zero attached hydrogens (tertiary/aromatic N) is 1. The second-order valence-corrected chi connectivity index (χ2v) is 4.73. The summed E-state index contributed by atoms with van der Waals surface area (Å²) in [5.74, 6) is 0. The summed E-state index contributed by atoms with van der Waals surface area (Å²) in [6, 6.07) is 3.89. The number of aryl methyl sites for hydroxylation is 2. The molecule has 1 heterocycles. The Labute approximate surface area is 102 Å². The van der Waals surface area contributed by atoms with E-state index < -0.39 is 0 Å². The highest BCUT2D eigenvalue weighted by Crippen LogP contribution is 2.33. The molecule has 2 rings (SSSR count). The van der Waals surface area contributed by atoms with Crippen molar-refractivity contribution in [1.82, 2.24) is 4.98 Å². The fourth-order valence-electron chi connectivity index (χ4n) is 1.57. The molecule has 0 radical (unpaired) electrons. The SMILES string of the molecule is Cc1nc2c(C)c(Br)ccc2c(N)c1Cl. The number of hydrogen-bond donors (Lipinski definition) is 1. The summed E-state index contributed by atoms with van der Waals surface area (Å²) in [7, 11) is 0. The number of aromatic nitrogens is 1. The fourth-order valence-corrected chi connectivity index (χ4v) is 2.03. The van der Waals surface area contributed by atoms with Crippen LogP contribution in [0.15, 0.2) is 16.6 Å². The largest absolute Gasteiger partial charge is 0.397 e. The summed E-state index contributed by atoms with van der Waals surface area (Å²) in [4.78, 5) is 4.45. The Morgan fingerprint density at radius 3 is 2.67 bits per heavy atom. The Morgan fingerprint density at radius 2 is 2.00 bits per heavy atom. The highest BCUT2D eigenvalue weighted by Gasteiger charge is 2.10. The Hall–Kier alpha value is -0.800. The lowest BCUT2D eigenvalue weighted by atomic mass is 10.1. The first-order valence-electron chi connectivity index (χ1n) is 4.52. The number of nitrogen functional groups attached to an aromatic ring is 1. The summed E-state index contributed by atoms with van der Waals surface area (Å²) >= 11 is 9.52. The first-order valence-corrected chi connectivity index (χ1v) is 5.70. The Balaban J connectivity index is 2.98. The molecule has 0 aliphatic rings. The first-order chi connectivity index (χ1) is 7.02. The maximum absolute atomic E-state index is 6.05. The van der Waals surface area contributed by atoms with Gasteiger partial charge in [0.05, 0.1) is 21.9 Å². The molecule has 0 saturated carbocycles. The van der Waals surface area contributed by atoms with E-state index in [-0.39, 0.29) is 0 Å². The van der Waals surface area contributed by atoms with E-state index in [1.54, 1.807) is 0 Å². The maximum atomic E-state index is 6.05. The minimum Gasteiger partial charge on any atom is -0.397 e. The van der Waals surface area contributed by atoms with Gasteiger partial charge >= 0.3 is 0 Å². The number of fused-ring (bicyclic) bond motifs is 1. The van der Waals surface area contributed by atoms with Crippen LogP contribution < -0.4 is 5.73 Å². The molecule has 2 aromatic rings. The zero-order valence-electron chi connectivity index (χ0n) is 8.44. The number of pyridine rings is 1. The third-order valence-electron chi connectivity index (χ3n) is 2.49. The molecule has 1 aromatic heterocycles. The molecular weight excluding hydrogens is 275 g/mol. The molecule has 4 heteroatoms. The van der Waals surface area contributed by atoms with Crippen molar-refractivity contribution >= 4 is 44.1 Å². The fraction of sp³-hybridized carbons (Fsp3) is 0.182. The second-order valence-electron chi connectivity index (χ2n) is 3.49. The van der Waals surface area contributed by atoms with E-state index >= 15 is 0 Å². The minimum absolute atomic E-state index is 0.546. The molecule has 0 amide bonds. The topological polar surface area (TPSA) is 38.9 Å². The molecule has 1 aromatic carbocycles. The number of nitrogens with two attached hydrogens (primary N) is 1. The molecule has 78 valence electrons.